The maximum Gasteiger partial charge on any atom is 0.0166 e. The molecule has 0 spiro atoms. The Labute approximate surface area is 100 Å². The Bertz CT molecular complexity index is 264. The third-order valence-electron chi connectivity index (χ3n) is 3.62. The van der Waals surface area contributed by atoms with Gasteiger partial charge in [0, 0.05) is 32.2 Å². The molecule has 1 N–H and O–H groups in total. The number of nitrogens with one attached hydrogen (secondary N) is 1. The van der Waals surface area contributed by atoms with E-state index in [9.17, 15) is 0 Å². The molecule has 0 radical (unpaired) electrons. The second-order valence-electron chi connectivity index (χ2n) is 6.35. The Morgan fingerprint density at radius 3 is 2.75 bits per heavy atom. The van der Waals surface area contributed by atoms with E-state index in [1.165, 1.54) is 32.4 Å². The normalized spacial score (nSPS) is 23.3. The van der Waals surface area contributed by atoms with E-state index in [4.69, 9.17) is 0 Å². The van der Waals surface area contributed by atoms with Crippen LogP contribution in [-0.2, 0) is 0 Å². The Hall–Kier alpha value is -0.340. The molecule has 1 heterocycles. The topological polar surface area (TPSA) is 15.3 Å². The van der Waals surface area contributed by atoms with E-state index in [2.05, 4.69) is 37.1 Å². The van der Waals surface area contributed by atoms with Crippen LogP contribution in [0.3, 0.4) is 0 Å². The summed E-state index contributed by atoms with van der Waals surface area (Å²) in [6, 6.07) is 0.836. The Morgan fingerprint density at radius 1 is 1.44 bits per heavy atom. The fourth-order valence-electron chi connectivity index (χ4n) is 2.33. The molecule has 1 saturated carbocycles. The molecule has 2 aliphatic rings. The summed E-state index contributed by atoms with van der Waals surface area (Å²) in [5.74, 6) is 0. The first kappa shape index (κ1) is 12.1. The zero-order chi connectivity index (χ0) is 11.6. The lowest BCUT2D eigenvalue weighted by molar-refractivity contribution is 0.184. The van der Waals surface area contributed by atoms with Gasteiger partial charge in [0.15, 0.2) is 0 Å². The summed E-state index contributed by atoms with van der Waals surface area (Å²) in [7, 11) is 0. The second-order valence-corrected chi connectivity index (χ2v) is 6.35. The largest absolute Gasteiger partial charge is 0.313 e. The summed E-state index contributed by atoms with van der Waals surface area (Å²) in [6.07, 6.45) is 6.42. The molecule has 0 aromatic heterocycles. The molecule has 0 bridgehead atoms. The van der Waals surface area contributed by atoms with Crippen molar-refractivity contribution in [2.24, 2.45) is 5.41 Å². The van der Waals surface area contributed by atoms with Gasteiger partial charge in [-0.25, -0.2) is 0 Å². The van der Waals surface area contributed by atoms with Crippen LogP contribution in [0.5, 0.6) is 0 Å². The van der Waals surface area contributed by atoms with Crippen molar-refractivity contribution in [2.75, 3.05) is 26.2 Å². The van der Waals surface area contributed by atoms with Crippen LogP contribution in [0.1, 0.15) is 40.0 Å². The first-order chi connectivity index (χ1) is 7.55. The van der Waals surface area contributed by atoms with Gasteiger partial charge in [-0.3, -0.25) is 4.90 Å². The van der Waals surface area contributed by atoms with Gasteiger partial charge in [-0.15, -0.1) is 0 Å². The third-order valence-corrected chi connectivity index (χ3v) is 3.62. The number of nitrogens with zero attached hydrogens (tertiary/aromatic N) is 1. The molecular weight excluding hydrogens is 196 g/mol. The van der Waals surface area contributed by atoms with Crippen LogP contribution < -0.4 is 5.32 Å². The summed E-state index contributed by atoms with van der Waals surface area (Å²) < 4.78 is 0. The van der Waals surface area contributed by atoms with E-state index in [0.717, 1.165) is 19.1 Å². The molecule has 16 heavy (non-hydrogen) atoms. The maximum absolute atomic E-state index is 3.65. The summed E-state index contributed by atoms with van der Waals surface area (Å²) in [5, 5.41) is 3.65. The molecule has 0 unspecified atom stereocenters. The minimum atomic E-state index is 0.404. The first-order valence-electron chi connectivity index (χ1n) is 6.66. The lowest BCUT2D eigenvalue weighted by Crippen LogP contribution is -2.42. The third kappa shape index (κ3) is 3.91. The summed E-state index contributed by atoms with van der Waals surface area (Å²) >= 11 is 0. The van der Waals surface area contributed by atoms with Gasteiger partial charge in [-0.2, -0.15) is 0 Å². The van der Waals surface area contributed by atoms with Gasteiger partial charge in [0.2, 0.25) is 0 Å². The molecule has 0 amide bonds. The summed E-state index contributed by atoms with van der Waals surface area (Å²) in [6.45, 7) is 11.8. The SMILES string of the molecule is CC1=CCN(CC(C)(C)CNC2CC2)CC1. The first-order valence-corrected chi connectivity index (χ1v) is 6.66. The quantitative estimate of drug-likeness (QED) is 0.719. The standard InChI is InChI=1S/C14H26N2/c1-12-6-8-16(9-7-12)11-14(2,3)10-15-13-4-5-13/h6,13,15H,4-5,7-11H2,1-3H3. The smallest absolute Gasteiger partial charge is 0.0166 e. The highest BCUT2D eigenvalue weighted by Crippen LogP contribution is 2.23. The molecule has 92 valence electrons. The Balaban J connectivity index is 1.73. The number of hydrogen-bond donors (Lipinski definition) is 1. The van der Waals surface area contributed by atoms with Crippen molar-refractivity contribution in [1.29, 1.82) is 0 Å². The van der Waals surface area contributed by atoms with Gasteiger partial charge in [-0.05, 0) is 31.6 Å². The highest BCUT2D eigenvalue weighted by molar-refractivity contribution is 5.04. The second kappa shape index (κ2) is 4.89. The van der Waals surface area contributed by atoms with Crippen molar-refractivity contribution < 1.29 is 0 Å². The zero-order valence-corrected chi connectivity index (χ0v) is 11.1. The molecule has 2 nitrogen and oxygen atoms in total. The lowest BCUT2D eigenvalue weighted by Gasteiger charge is -2.34. The molecule has 0 aromatic carbocycles. The fourth-order valence-corrected chi connectivity index (χ4v) is 2.33. The molecular formula is C14H26N2. The van der Waals surface area contributed by atoms with Crippen LogP contribution in [0.2, 0.25) is 0 Å². The summed E-state index contributed by atoms with van der Waals surface area (Å²) in [4.78, 5) is 2.58. The monoisotopic (exact) mass is 222 g/mol. The van der Waals surface area contributed by atoms with Crippen molar-refractivity contribution in [3.8, 4) is 0 Å². The highest BCUT2D eigenvalue weighted by atomic mass is 15.1. The van der Waals surface area contributed by atoms with Crippen LogP contribution in [-0.4, -0.2) is 37.1 Å². The Kier molecular flexibility index (Phi) is 3.70. The van der Waals surface area contributed by atoms with E-state index in [-0.39, 0.29) is 0 Å². The molecule has 0 atom stereocenters. The molecule has 0 aromatic rings. The van der Waals surface area contributed by atoms with Gasteiger partial charge in [-0.1, -0.05) is 25.5 Å². The molecule has 0 saturated heterocycles. The predicted molar refractivity (Wildman–Crippen MR) is 69.6 cm³/mol. The van der Waals surface area contributed by atoms with Crippen LogP contribution in [0, 0.1) is 5.41 Å². The molecule has 1 aliphatic carbocycles. The van der Waals surface area contributed by atoms with Crippen LogP contribution in [0.4, 0.5) is 0 Å². The number of hydrogen-bond acceptors (Lipinski definition) is 2. The average Bonchev–Trinajstić information content (AvgIpc) is 3.02. The van der Waals surface area contributed by atoms with E-state index in [1.54, 1.807) is 5.57 Å². The molecule has 2 rings (SSSR count). The number of rotatable bonds is 5. The zero-order valence-electron chi connectivity index (χ0n) is 11.1. The average molecular weight is 222 g/mol. The van der Waals surface area contributed by atoms with Crippen molar-refractivity contribution in [3.05, 3.63) is 11.6 Å². The van der Waals surface area contributed by atoms with E-state index < -0.39 is 0 Å². The maximum atomic E-state index is 3.65. The van der Waals surface area contributed by atoms with E-state index >= 15 is 0 Å². The Morgan fingerprint density at radius 2 is 2.19 bits per heavy atom. The van der Waals surface area contributed by atoms with Gasteiger partial charge in [0.1, 0.15) is 0 Å². The molecule has 1 aliphatic heterocycles. The van der Waals surface area contributed by atoms with Crippen molar-refractivity contribution in [1.82, 2.24) is 10.2 Å². The van der Waals surface area contributed by atoms with Gasteiger partial charge < -0.3 is 5.32 Å². The van der Waals surface area contributed by atoms with Crippen LogP contribution in [0.25, 0.3) is 0 Å². The summed E-state index contributed by atoms with van der Waals surface area (Å²) in [5.41, 5.74) is 1.96. The van der Waals surface area contributed by atoms with Gasteiger partial charge in [0.25, 0.3) is 0 Å². The van der Waals surface area contributed by atoms with E-state index in [1.807, 2.05) is 0 Å². The fraction of sp³-hybridized carbons (Fsp3) is 0.857. The minimum absolute atomic E-state index is 0.404. The van der Waals surface area contributed by atoms with Crippen molar-refractivity contribution in [3.63, 3.8) is 0 Å². The van der Waals surface area contributed by atoms with Crippen molar-refractivity contribution in [2.45, 2.75) is 46.1 Å². The van der Waals surface area contributed by atoms with Gasteiger partial charge >= 0.3 is 0 Å². The predicted octanol–water partition coefficient (Wildman–Crippen LogP) is 2.42. The lowest BCUT2D eigenvalue weighted by atomic mass is 9.92. The molecule has 1 fully saturated rings. The highest BCUT2D eigenvalue weighted by Gasteiger charge is 2.27. The molecule has 2 heteroatoms. The van der Waals surface area contributed by atoms with Crippen LogP contribution in [0.15, 0.2) is 11.6 Å². The van der Waals surface area contributed by atoms with Crippen molar-refractivity contribution >= 4 is 0 Å². The van der Waals surface area contributed by atoms with E-state index in [0.29, 0.717) is 5.41 Å². The van der Waals surface area contributed by atoms with Crippen LogP contribution >= 0.6 is 0 Å². The van der Waals surface area contributed by atoms with Gasteiger partial charge in [0.05, 0.1) is 0 Å². The minimum Gasteiger partial charge on any atom is -0.313 e.